The van der Waals surface area contributed by atoms with Gasteiger partial charge >= 0.3 is 17.6 Å². The van der Waals surface area contributed by atoms with Crippen molar-refractivity contribution in [3.05, 3.63) is 29.1 Å². The van der Waals surface area contributed by atoms with Crippen molar-refractivity contribution in [3.8, 4) is 0 Å². The number of carbonyl (C=O) groups excluding carboxylic acids is 1. The van der Waals surface area contributed by atoms with Crippen LogP contribution in [0.25, 0.3) is 0 Å². The molecule has 1 aliphatic rings. The largest absolute Gasteiger partial charge is 0.473 e. The molecule has 0 bridgehead atoms. The number of aromatic nitrogens is 1. The zero-order valence-electron chi connectivity index (χ0n) is 7.07. The highest BCUT2D eigenvalue weighted by Gasteiger charge is 2.40. The van der Waals surface area contributed by atoms with E-state index in [0.29, 0.717) is 12.0 Å². The molecular weight excluding hydrogens is 170 g/mol. The molecule has 4 heteroatoms. The van der Waals surface area contributed by atoms with Gasteiger partial charge in [0.25, 0.3) is 0 Å². The molecule has 0 atom stereocenters. The number of fused-ring (bicyclic) bond motifs is 1. The van der Waals surface area contributed by atoms with Gasteiger partial charge in [0.1, 0.15) is 0 Å². The number of carboxylic acids is 1. The Labute approximate surface area is 74.4 Å². The maximum atomic E-state index is 11.1. The van der Waals surface area contributed by atoms with Crippen LogP contribution in [-0.4, -0.2) is 17.0 Å². The van der Waals surface area contributed by atoms with E-state index in [-0.39, 0.29) is 11.6 Å². The number of carbonyl (C=O) groups is 2. The number of carboxylic acid groups (broad SMARTS) is 1. The van der Waals surface area contributed by atoms with E-state index in [0.717, 1.165) is 5.69 Å². The molecule has 1 aromatic rings. The first-order valence-electron chi connectivity index (χ1n) is 3.92. The molecule has 4 nitrogen and oxygen atoms in total. The minimum absolute atomic E-state index is 0.0914. The minimum Gasteiger partial charge on any atom is -0.473 e. The van der Waals surface area contributed by atoms with E-state index in [1.165, 1.54) is 4.57 Å². The highest BCUT2D eigenvalue weighted by atomic mass is 16.4. The molecule has 2 heterocycles. The van der Waals surface area contributed by atoms with Gasteiger partial charge in [-0.1, -0.05) is 0 Å². The molecule has 0 radical (unpaired) electrons. The van der Waals surface area contributed by atoms with Gasteiger partial charge in [-0.3, -0.25) is 0 Å². The molecule has 0 aliphatic carbocycles. The zero-order chi connectivity index (χ0) is 9.59. The van der Waals surface area contributed by atoms with E-state index in [2.05, 4.69) is 0 Å². The van der Waals surface area contributed by atoms with Gasteiger partial charge in [0.15, 0.2) is 6.42 Å². The van der Waals surface area contributed by atoms with Gasteiger partial charge in [0.2, 0.25) is 5.69 Å². The van der Waals surface area contributed by atoms with Crippen LogP contribution in [0, 0.1) is 6.92 Å². The van der Waals surface area contributed by atoms with Crippen molar-refractivity contribution in [2.75, 3.05) is 0 Å². The normalized spacial score (nSPS) is 13.5. The van der Waals surface area contributed by atoms with Crippen molar-refractivity contribution in [1.82, 2.24) is 0 Å². The molecule has 0 aromatic carbocycles. The number of aryl methyl sites for hydroxylation is 1. The SMILES string of the molecule is Cc1ccc2[n+](c1C(=O)O)C(=O)C2. The van der Waals surface area contributed by atoms with Gasteiger partial charge in [0.05, 0.1) is 0 Å². The summed E-state index contributed by atoms with van der Waals surface area (Å²) in [6, 6.07) is 3.50. The lowest BCUT2D eigenvalue weighted by Crippen LogP contribution is -2.61. The quantitative estimate of drug-likeness (QED) is 0.624. The predicted octanol–water partition coefficient (Wildman–Crippen LogP) is 0.177. The Kier molecular flexibility index (Phi) is 1.45. The zero-order valence-corrected chi connectivity index (χ0v) is 7.07. The molecule has 13 heavy (non-hydrogen) atoms. The summed E-state index contributed by atoms with van der Waals surface area (Å²) in [4.78, 5) is 21.9. The van der Waals surface area contributed by atoms with Gasteiger partial charge < -0.3 is 5.11 Å². The molecule has 1 aromatic heterocycles. The second kappa shape index (κ2) is 2.39. The third-order valence-corrected chi connectivity index (χ3v) is 2.19. The monoisotopic (exact) mass is 178 g/mol. The fraction of sp³-hybridized carbons (Fsp3) is 0.222. The predicted molar refractivity (Wildman–Crippen MR) is 42.7 cm³/mol. The van der Waals surface area contributed by atoms with Crippen molar-refractivity contribution in [2.45, 2.75) is 13.3 Å². The minimum atomic E-state index is -1.05. The van der Waals surface area contributed by atoms with Crippen LogP contribution >= 0.6 is 0 Å². The van der Waals surface area contributed by atoms with Gasteiger partial charge in [-0.2, -0.15) is 0 Å². The molecule has 0 saturated heterocycles. The first-order valence-corrected chi connectivity index (χ1v) is 3.92. The number of nitrogens with zero attached hydrogens (tertiary/aromatic N) is 1. The molecule has 1 aliphatic heterocycles. The molecule has 0 unspecified atom stereocenters. The fourth-order valence-corrected chi connectivity index (χ4v) is 1.52. The summed E-state index contributed by atoms with van der Waals surface area (Å²) in [6.07, 6.45) is 0.348. The molecule has 0 fully saturated rings. The van der Waals surface area contributed by atoms with Crippen LogP contribution in [-0.2, 0) is 6.42 Å². The Morgan fingerprint density at radius 2 is 2.23 bits per heavy atom. The maximum absolute atomic E-state index is 11.1. The molecule has 0 saturated carbocycles. The Morgan fingerprint density at radius 1 is 1.54 bits per heavy atom. The lowest BCUT2D eigenvalue weighted by atomic mass is 10.1. The van der Waals surface area contributed by atoms with E-state index in [9.17, 15) is 9.59 Å². The summed E-state index contributed by atoms with van der Waals surface area (Å²) in [5.41, 5.74) is 1.48. The number of aromatic carboxylic acids is 1. The number of rotatable bonds is 1. The summed E-state index contributed by atoms with van der Waals surface area (Å²) in [5, 5.41) is 8.85. The average molecular weight is 178 g/mol. The third kappa shape index (κ3) is 0.950. The lowest BCUT2D eigenvalue weighted by Gasteiger charge is -2.11. The van der Waals surface area contributed by atoms with Crippen LogP contribution in [0.4, 0.5) is 0 Å². The first kappa shape index (κ1) is 7.91. The molecule has 0 spiro atoms. The van der Waals surface area contributed by atoms with Gasteiger partial charge in [-0.25, -0.2) is 9.59 Å². The van der Waals surface area contributed by atoms with Crippen LogP contribution < -0.4 is 4.57 Å². The molecule has 0 amide bonds. The molecule has 2 rings (SSSR count). The first-order chi connectivity index (χ1) is 6.11. The highest BCUT2D eigenvalue weighted by molar-refractivity contribution is 5.88. The molecular formula is C9H8NO3+. The Morgan fingerprint density at radius 3 is 2.69 bits per heavy atom. The van der Waals surface area contributed by atoms with Crippen molar-refractivity contribution >= 4 is 11.9 Å². The van der Waals surface area contributed by atoms with Crippen molar-refractivity contribution < 1.29 is 19.3 Å². The fourth-order valence-electron chi connectivity index (χ4n) is 1.52. The van der Waals surface area contributed by atoms with Crippen molar-refractivity contribution in [1.29, 1.82) is 0 Å². The Balaban J connectivity index is 2.72. The van der Waals surface area contributed by atoms with Crippen LogP contribution in [0.1, 0.15) is 26.5 Å². The van der Waals surface area contributed by atoms with Gasteiger partial charge in [-0.05, 0) is 13.0 Å². The third-order valence-electron chi connectivity index (χ3n) is 2.19. The standard InChI is InChI=1S/C9H7NO3/c1-5-2-3-6-4-7(11)10(6)8(5)9(12)13/h2-3H,4H2,1H3/p+1. The number of hydrogen-bond acceptors (Lipinski definition) is 2. The van der Waals surface area contributed by atoms with Crippen LogP contribution in [0.2, 0.25) is 0 Å². The highest BCUT2D eigenvalue weighted by Crippen LogP contribution is 2.11. The average Bonchev–Trinajstić information content (AvgIpc) is 2.05. The lowest BCUT2D eigenvalue weighted by molar-refractivity contribution is -0.611. The van der Waals surface area contributed by atoms with Crippen LogP contribution in [0.3, 0.4) is 0 Å². The Hall–Kier alpha value is -1.71. The van der Waals surface area contributed by atoms with Crippen molar-refractivity contribution in [2.24, 2.45) is 0 Å². The smallest absolute Gasteiger partial charge is 0.403 e. The summed E-state index contributed by atoms with van der Waals surface area (Å²) >= 11 is 0. The summed E-state index contributed by atoms with van der Waals surface area (Å²) in [6.45, 7) is 1.68. The number of pyridine rings is 1. The summed E-state index contributed by atoms with van der Waals surface area (Å²) < 4.78 is 1.26. The van der Waals surface area contributed by atoms with Crippen LogP contribution in [0.15, 0.2) is 12.1 Å². The summed E-state index contributed by atoms with van der Waals surface area (Å²) in [7, 11) is 0. The van der Waals surface area contributed by atoms with E-state index < -0.39 is 5.97 Å². The van der Waals surface area contributed by atoms with Crippen molar-refractivity contribution in [3.63, 3.8) is 0 Å². The maximum Gasteiger partial charge on any atom is 0.403 e. The van der Waals surface area contributed by atoms with E-state index in [4.69, 9.17) is 5.11 Å². The molecule has 1 N–H and O–H groups in total. The van der Waals surface area contributed by atoms with E-state index in [1.54, 1.807) is 19.1 Å². The van der Waals surface area contributed by atoms with Gasteiger partial charge in [0, 0.05) is 11.6 Å². The van der Waals surface area contributed by atoms with Gasteiger partial charge in [-0.15, -0.1) is 4.57 Å². The topological polar surface area (TPSA) is 58.2 Å². The van der Waals surface area contributed by atoms with Crippen LogP contribution in [0.5, 0.6) is 0 Å². The van der Waals surface area contributed by atoms with E-state index >= 15 is 0 Å². The second-order valence-electron chi connectivity index (χ2n) is 3.07. The number of hydrogen-bond donors (Lipinski definition) is 1. The summed E-state index contributed by atoms with van der Waals surface area (Å²) in [5.74, 6) is -1.19. The Bertz CT molecular complexity index is 423. The van der Waals surface area contributed by atoms with E-state index in [1.807, 2.05) is 0 Å². The molecule has 66 valence electrons. The second-order valence-corrected chi connectivity index (χ2v) is 3.07.